The van der Waals surface area contributed by atoms with Crippen LogP contribution in [0, 0.1) is 5.92 Å². The lowest BCUT2D eigenvalue weighted by atomic mass is 9.91. The Bertz CT molecular complexity index is 219. The highest BCUT2D eigenvalue weighted by Crippen LogP contribution is 2.39. The van der Waals surface area contributed by atoms with E-state index in [1.165, 1.54) is 38.6 Å². The molecule has 0 aromatic heterocycles. The lowest BCUT2D eigenvalue weighted by Gasteiger charge is -2.39. The fourth-order valence-electron chi connectivity index (χ4n) is 3.72. The third-order valence-electron chi connectivity index (χ3n) is 4.43. The van der Waals surface area contributed by atoms with Gasteiger partial charge in [0.1, 0.15) is 0 Å². The molecule has 0 aromatic carbocycles. The second-order valence-electron chi connectivity index (χ2n) is 5.23. The summed E-state index contributed by atoms with van der Waals surface area (Å²) in [5, 5.41) is 2.03. The summed E-state index contributed by atoms with van der Waals surface area (Å²) in [5.41, 5.74) is 0. The van der Waals surface area contributed by atoms with Gasteiger partial charge in [0.15, 0.2) is 0 Å². The molecule has 80 valence electrons. The fourth-order valence-corrected chi connectivity index (χ4v) is 3.72. The Balaban J connectivity index is 1.75. The van der Waals surface area contributed by atoms with E-state index in [4.69, 9.17) is 5.84 Å². The van der Waals surface area contributed by atoms with Crippen molar-refractivity contribution in [3.8, 4) is 0 Å². The molecule has 0 aliphatic carbocycles. The monoisotopic (exact) mass is 195 g/mol. The minimum Gasteiger partial charge on any atom is -0.296 e. The summed E-state index contributed by atoms with van der Waals surface area (Å²) in [6.07, 6.45) is 7.08. The lowest BCUT2D eigenvalue weighted by molar-refractivity contribution is 0.0775. The molecule has 3 nitrogen and oxygen atoms in total. The normalized spacial score (nSPS) is 44.8. The molecular formula is C11H21N3. The fraction of sp³-hybridized carbons (Fsp3) is 1.00. The standard InChI is InChI=1S/C11H21N3/c12-13-6-4-9-7-10-3-1-2-5-14(10)11(9)8-13/h9-11H,1-8,12H2. The zero-order valence-electron chi connectivity index (χ0n) is 8.86. The predicted molar refractivity (Wildman–Crippen MR) is 56.6 cm³/mol. The van der Waals surface area contributed by atoms with E-state index in [1.807, 2.05) is 5.01 Å². The van der Waals surface area contributed by atoms with Gasteiger partial charge in [-0.05, 0) is 38.1 Å². The van der Waals surface area contributed by atoms with E-state index in [2.05, 4.69) is 4.90 Å². The number of nitrogens with zero attached hydrogens (tertiary/aromatic N) is 2. The maximum atomic E-state index is 5.92. The highest BCUT2D eigenvalue weighted by Gasteiger charge is 2.43. The number of hydrogen-bond acceptors (Lipinski definition) is 3. The van der Waals surface area contributed by atoms with E-state index in [0.29, 0.717) is 0 Å². The van der Waals surface area contributed by atoms with Gasteiger partial charge in [0.2, 0.25) is 0 Å². The summed E-state index contributed by atoms with van der Waals surface area (Å²) >= 11 is 0. The van der Waals surface area contributed by atoms with Crippen molar-refractivity contribution in [2.24, 2.45) is 11.8 Å². The minimum atomic E-state index is 0.791. The topological polar surface area (TPSA) is 32.5 Å². The van der Waals surface area contributed by atoms with Crippen molar-refractivity contribution in [3.05, 3.63) is 0 Å². The van der Waals surface area contributed by atoms with Gasteiger partial charge in [-0.3, -0.25) is 10.7 Å². The SMILES string of the molecule is NN1CCC2CC3CCCCN3C2C1. The summed E-state index contributed by atoms with van der Waals surface area (Å²) in [6.45, 7) is 3.56. The zero-order chi connectivity index (χ0) is 9.54. The molecule has 0 radical (unpaired) electrons. The van der Waals surface area contributed by atoms with Crippen LogP contribution in [-0.2, 0) is 0 Å². The molecule has 0 amide bonds. The van der Waals surface area contributed by atoms with Gasteiger partial charge in [-0.2, -0.15) is 0 Å². The van der Waals surface area contributed by atoms with Gasteiger partial charge in [-0.15, -0.1) is 0 Å². The first-order chi connectivity index (χ1) is 6.84. The maximum absolute atomic E-state index is 5.92. The van der Waals surface area contributed by atoms with Crippen molar-refractivity contribution in [3.63, 3.8) is 0 Å². The number of hydrazine groups is 1. The van der Waals surface area contributed by atoms with Crippen LogP contribution < -0.4 is 5.84 Å². The predicted octanol–water partition coefficient (Wildman–Crippen LogP) is 0.809. The molecule has 14 heavy (non-hydrogen) atoms. The quantitative estimate of drug-likeness (QED) is 0.581. The van der Waals surface area contributed by atoms with E-state index in [1.54, 1.807) is 0 Å². The van der Waals surface area contributed by atoms with Gasteiger partial charge >= 0.3 is 0 Å². The Morgan fingerprint density at radius 2 is 2.00 bits per heavy atom. The smallest absolute Gasteiger partial charge is 0.0287 e. The molecule has 3 rings (SSSR count). The van der Waals surface area contributed by atoms with Crippen molar-refractivity contribution in [1.29, 1.82) is 0 Å². The third kappa shape index (κ3) is 1.38. The molecule has 0 aromatic rings. The van der Waals surface area contributed by atoms with E-state index in [9.17, 15) is 0 Å². The second-order valence-corrected chi connectivity index (χ2v) is 5.23. The van der Waals surface area contributed by atoms with Gasteiger partial charge in [-0.25, -0.2) is 5.01 Å². The minimum absolute atomic E-state index is 0.791. The Labute approximate surface area is 86.2 Å². The molecule has 3 saturated heterocycles. The van der Waals surface area contributed by atoms with Gasteiger partial charge in [0.05, 0.1) is 0 Å². The number of piperidine rings is 2. The highest BCUT2D eigenvalue weighted by molar-refractivity contribution is 4.98. The average Bonchev–Trinajstić information content (AvgIpc) is 2.56. The van der Waals surface area contributed by atoms with Gasteiger partial charge in [0, 0.05) is 25.2 Å². The Hall–Kier alpha value is -0.120. The molecule has 3 unspecified atom stereocenters. The Kier molecular flexibility index (Phi) is 2.26. The first-order valence-electron chi connectivity index (χ1n) is 6.10. The van der Waals surface area contributed by atoms with E-state index >= 15 is 0 Å². The second kappa shape index (κ2) is 3.47. The van der Waals surface area contributed by atoms with Crippen LogP contribution in [0.2, 0.25) is 0 Å². The zero-order valence-corrected chi connectivity index (χ0v) is 8.86. The van der Waals surface area contributed by atoms with Crippen molar-refractivity contribution in [2.45, 2.75) is 44.2 Å². The molecule has 3 heterocycles. The molecule has 3 aliphatic heterocycles. The van der Waals surface area contributed by atoms with Gasteiger partial charge < -0.3 is 0 Å². The van der Waals surface area contributed by atoms with Crippen molar-refractivity contribution in [1.82, 2.24) is 9.91 Å². The van der Waals surface area contributed by atoms with Crippen molar-refractivity contribution >= 4 is 0 Å². The summed E-state index contributed by atoms with van der Waals surface area (Å²) in [6, 6.07) is 1.70. The lowest BCUT2D eigenvalue weighted by Crippen LogP contribution is -2.52. The molecule has 2 N–H and O–H groups in total. The molecule has 0 saturated carbocycles. The molecule has 3 atom stereocenters. The maximum Gasteiger partial charge on any atom is 0.0287 e. The number of rotatable bonds is 0. The summed E-state index contributed by atoms with van der Waals surface area (Å²) in [7, 11) is 0. The molecule has 3 heteroatoms. The molecule has 3 fully saturated rings. The number of hydrogen-bond donors (Lipinski definition) is 1. The summed E-state index contributed by atoms with van der Waals surface area (Å²) < 4.78 is 0. The molecular weight excluding hydrogens is 174 g/mol. The first kappa shape index (κ1) is 9.13. The Morgan fingerprint density at radius 3 is 2.93 bits per heavy atom. The third-order valence-corrected chi connectivity index (χ3v) is 4.43. The van der Waals surface area contributed by atoms with Crippen LogP contribution in [0.4, 0.5) is 0 Å². The molecule has 3 aliphatic rings. The van der Waals surface area contributed by atoms with Crippen LogP contribution >= 0.6 is 0 Å². The molecule has 0 bridgehead atoms. The number of nitrogens with two attached hydrogens (primary N) is 1. The average molecular weight is 195 g/mol. The van der Waals surface area contributed by atoms with E-state index in [-0.39, 0.29) is 0 Å². The van der Waals surface area contributed by atoms with Crippen LogP contribution in [0.25, 0.3) is 0 Å². The highest BCUT2D eigenvalue weighted by atomic mass is 15.4. The largest absolute Gasteiger partial charge is 0.296 e. The van der Waals surface area contributed by atoms with Crippen LogP contribution in [0.3, 0.4) is 0 Å². The van der Waals surface area contributed by atoms with E-state index in [0.717, 1.165) is 31.1 Å². The van der Waals surface area contributed by atoms with Crippen molar-refractivity contribution < 1.29 is 0 Å². The van der Waals surface area contributed by atoms with Crippen LogP contribution in [0.15, 0.2) is 0 Å². The van der Waals surface area contributed by atoms with E-state index < -0.39 is 0 Å². The van der Waals surface area contributed by atoms with Crippen LogP contribution in [-0.4, -0.2) is 41.6 Å². The molecule has 0 spiro atoms. The first-order valence-corrected chi connectivity index (χ1v) is 6.10. The Morgan fingerprint density at radius 1 is 1.07 bits per heavy atom. The summed E-state index contributed by atoms with van der Waals surface area (Å²) in [4.78, 5) is 2.76. The summed E-state index contributed by atoms with van der Waals surface area (Å²) in [5.74, 6) is 6.88. The van der Waals surface area contributed by atoms with Crippen molar-refractivity contribution in [2.75, 3.05) is 19.6 Å². The van der Waals surface area contributed by atoms with Crippen LogP contribution in [0.1, 0.15) is 32.1 Å². The van der Waals surface area contributed by atoms with Gasteiger partial charge in [0.25, 0.3) is 0 Å². The van der Waals surface area contributed by atoms with Gasteiger partial charge in [-0.1, -0.05) is 6.42 Å². The number of fused-ring (bicyclic) bond motifs is 3. The van der Waals surface area contributed by atoms with Crippen LogP contribution in [0.5, 0.6) is 0 Å².